The first-order chi connectivity index (χ1) is 14.8. The second-order valence-corrected chi connectivity index (χ2v) is 10.8. The molecule has 2 aliphatic rings. The van der Waals surface area contributed by atoms with Gasteiger partial charge in [0.2, 0.25) is 5.92 Å². The summed E-state index contributed by atoms with van der Waals surface area (Å²) in [7, 11) is 0. The summed E-state index contributed by atoms with van der Waals surface area (Å²) in [5.74, 6) is -2.98. The van der Waals surface area contributed by atoms with Crippen molar-refractivity contribution in [3.8, 4) is 0 Å². The van der Waals surface area contributed by atoms with E-state index in [-0.39, 0.29) is 37.6 Å². The molecule has 0 aromatic carbocycles. The number of amides is 2. The molecule has 2 heterocycles. The fourth-order valence-corrected chi connectivity index (χ4v) is 4.75. The maximum atomic E-state index is 13.4. The van der Waals surface area contributed by atoms with Gasteiger partial charge in [0.25, 0.3) is 5.91 Å². The van der Waals surface area contributed by atoms with Gasteiger partial charge in [-0.05, 0) is 62.9 Å². The molecule has 32 heavy (non-hydrogen) atoms. The number of carbonyl (C=O) groups is 2. The van der Waals surface area contributed by atoms with Crippen molar-refractivity contribution in [3.63, 3.8) is 0 Å². The molecule has 1 aromatic heterocycles. The Morgan fingerprint density at radius 3 is 2.50 bits per heavy atom. The minimum absolute atomic E-state index is 0.220. The van der Waals surface area contributed by atoms with Crippen LogP contribution in [0.15, 0.2) is 16.9 Å². The number of aromatic nitrogens is 1. The van der Waals surface area contributed by atoms with Crippen LogP contribution >= 0.6 is 15.9 Å². The molecule has 3 rings (SSSR count). The van der Waals surface area contributed by atoms with E-state index >= 15 is 0 Å². The van der Waals surface area contributed by atoms with E-state index in [0.29, 0.717) is 35.2 Å². The van der Waals surface area contributed by atoms with Crippen LogP contribution in [0.5, 0.6) is 0 Å². The topological polar surface area (TPSA) is 83.6 Å². The van der Waals surface area contributed by atoms with E-state index in [4.69, 9.17) is 4.74 Å². The number of hydrogen-bond donors (Lipinski definition) is 2. The number of ether oxygens (including phenoxy) is 1. The van der Waals surface area contributed by atoms with Crippen molar-refractivity contribution in [2.75, 3.05) is 18.0 Å². The van der Waals surface area contributed by atoms with Gasteiger partial charge in [-0.15, -0.1) is 0 Å². The van der Waals surface area contributed by atoms with Gasteiger partial charge in [0, 0.05) is 44.4 Å². The Hall–Kier alpha value is -1.97. The summed E-state index contributed by atoms with van der Waals surface area (Å²) in [6, 6.07) is -0.286. The van der Waals surface area contributed by atoms with Gasteiger partial charge < -0.3 is 20.3 Å². The monoisotopic (exact) mass is 516 g/mol. The third-order valence-electron chi connectivity index (χ3n) is 5.76. The summed E-state index contributed by atoms with van der Waals surface area (Å²) in [5, 5.41) is 5.84. The first-order valence-electron chi connectivity index (χ1n) is 10.9. The van der Waals surface area contributed by atoms with E-state index in [9.17, 15) is 18.4 Å². The Kier molecular flexibility index (Phi) is 7.02. The van der Waals surface area contributed by atoms with Gasteiger partial charge in [-0.3, -0.25) is 9.78 Å². The van der Waals surface area contributed by atoms with Gasteiger partial charge in [-0.25, -0.2) is 13.6 Å². The number of hydrogen-bond acceptors (Lipinski definition) is 5. The van der Waals surface area contributed by atoms with Crippen molar-refractivity contribution in [1.82, 2.24) is 15.6 Å². The van der Waals surface area contributed by atoms with Crippen LogP contribution in [0.3, 0.4) is 0 Å². The molecule has 10 heteroatoms. The van der Waals surface area contributed by atoms with Crippen molar-refractivity contribution in [2.24, 2.45) is 0 Å². The predicted octanol–water partition coefficient (Wildman–Crippen LogP) is 4.65. The van der Waals surface area contributed by atoms with E-state index in [1.807, 2.05) is 32.6 Å². The number of anilines is 1. The molecule has 0 spiro atoms. The van der Waals surface area contributed by atoms with Crippen LogP contribution in [0.2, 0.25) is 0 Å². The van der Waals surface area contributed by atoms with Crippen LogP contribution in [-0.2, 0) is 4.74 Å². The number of pyridine rings is 1. The number of alkyl carbamates (subject to hydrolysis) is 1. The van der Waals surface area contributed by atoms with Crippen molar-refractivity contribution in [1.29, 1.82) is 0 Å². The van der Waals surface area contributed by atoms with Crippen molar-refractivity contribution in [3.05, 3.63) is 22.4 Å². The van der Waals surface area contributed by atoms with Gasteiger partial charge in [0.15, 0.2) is 0 Å². The highest BCUT2D eigenvalue weighted by molar-refractivity contribution is 9.10. The lowest BCUT2D eigenvalue weighted by Gasteiger charge is -2.30. The smallest absolute Gasteiger partial charge is 0.408 e. The lowest BCUT2D eigenvalue weighted by Crippen LogP contribution is -2.49. The van der Waals surface area contributed by atoms with Gasteiger partial charge in [-0.2, -0.15) is 0 Å². The second kappa shape index (κ2) is 9.11. The zero-order chi connectivity index (χ0) is 23.7. The van der Waals surface area contributed by atoms with Gasteiger partial charge in [0.05, 0.1) is 21.3 Å². The van der Waals surface area contributed by atoms with Crippen molar-refractivity contribution >= 4 is 33.6 Å². The summed E-state index contributed by atoms with van der Waals surface area (Å²) < 4.78 is 32.9. The number of alkyl halides is 2. The molecule has 2 amide bonds. The number of rotatable bonds is 4. The highest BCUT2D eigenvalue weighted by Gasteiger charge is 2.39. The molecule has 0 bridgehead atoms. The minimum Gasteiger partial charge on any atom is -0.444 e. The molecule has 2 N–H and O–H groups in total. The lowest BCUT2D eigenvalue weighted by atomic mass is 9.92. The first kappa shape index (κ1) is 24.7. The first-order valence-corrected chi connectivity index (χ1v) is 11.6. The molecule has 2 fully saturated rings. The molecular weight excluding hydrogens is 486 g/mol. The zero-order valence-electron chi connectivity index (χ0n) is 18.9. The van der Waals surface area contributed by atoms with Crippen LogP contribution in [0.1, 0.15) is 70.2 Å². The molecule has 7 nitrogen and oxygen atoms in total. The molecule has 1 aliphatic carbocycles. The van der Waals surface area contributed by atoms with Crippen molar-refractivity contribution in [2.45, 2.75) is 82.9 Å². The number of nitrogens with one attached hydrogen (secondary N) is 2. The van der Waals surface area contributed by atoms with E-state index in [0.717, 1.165) is 0 Å². The SMILES string of the molecule is CC(C)(C)OC(=O)N[C@@]1(C)CCN(c2c(Br)cncc2C(=O)NC2CCC(F)(F)CC2)C1. The molecule has 1 saturated heterocycles. The van der Waals surface area contributed by atoms with E-state index in [1.54, 1.807) is 6.20 Å². The van der Waals surface area contributed by atoms with E-state index in [2.05, 4.69) is 31.5 Å². The molecule has 1 atom stereocenters. The Bertz CT molecular complexity index is 867. The molecule has 0 unspecified atom stereocenters. The van der Waals surface area contributed by atoms with Gasteiger partial charge in [-0.1, -0.05) is 0 Å². The van der Waals surface area contributed by atoms with Crippen LogP contribution in [0, 0.1) is 0 Å². The van der Waals surface area contributed by atoms with E-state index < -0.39 is 23.2 Å². The molecule has 178 valence electrons. The largest absolute Gasteiger partial charge is 0.444 e. The fraction of sp³-hybridized carbons (Fsp3) is 0.682. The van der Waals surface area contributed by atoms with Crippen LogP contribution in [0.25, 0.3) is 0 Å². The number of halogens is 3. The average Bonchev–Trinajstić information content (AvgIpc) is 3.02. The average molecular weight is 517 g/mol. The maximum absolute atomic E-state index is 13.4. The Balaban J connectivity index is 1.71. The summed E-state index contributed by atoms with van der Waals surface area (Å²) in [5.41, 5.74) is -0.0823. The summed E-state index contributed by atoms with van der Waals surface area (Å²) in [6.07, 6.45) is 3.34. The molecule has 1 aliphatic heterocycles. The quantitative estimate of drug-likeness (QED) is 0.608. The third-order valence-corrected chi connectivity index (χ3v) is 6.34. The zero-order valence-corrected chi connectivity index (χ0v) is 20.5. The summed E-state index contributed by atoms with van der Waals surface area (Å²) >= 11 is 3.50. The summed E-state index contributed by atoms with van der Waals surface area (Å²) in [6.45, 7) is 8.45. The highest BCUT2D eigenvalue weighted by atomic mass is 79.9. The second-order valence-electron chi connectivity index (χ2n) is 9.98. The molecule has 1 saturated carbocycles. The Morgan fingerprint density at radius 1 is 1.22 bits per heavy atom. The molecular formula is C22H31BrF2N4O3. The Morgan fingerprint density at radius 2 is 1.88 bits per heavy atom. The normalized spacial score (nSPS) is 23.7. The fourth-order valence-electron chi connectivity index (χ4n) is 4.17. The third kappa shape index (κ3) is 6.30. The lowest BCUT2D eigenvalue weighted by molar-refractivity contribution is -0.0399. The summed E-state index contributed by atoms with van der Waals surface area (Å²) in [4.78, 5) is 31.5. The molecule has 0 radical (unpaired) electrons. The van der Waals surface area contributed by atoms with Crippen LogP contribution in [0.4, 0.5) is 19.3 Å². The van der Waals surface area contributed by atoms with Gasteiger partial charge >= 0.3 is 6.09 Å². The Labute approximate surface area is 195 Å². The number of nitrogens with zero attached hydrogens (tertiary/aromatic N) is 2. The minimum atomic E-state index is -2.65. The van der Waals surface area contributed by atoms with Crippen LogP contribution < -0.4 is 15.5 Å². The standard InChI is InChI=1S/C22H31BrF2N4O3/c1-20(2,3)32-19(31)28-21(4)9-10-29(13-21)17-15(11-26-12-16(17)23)18(30)27-14-5-7-22(24,25)8-6-14/h11-12,14H,5-10,13H2,1-4H3,(H,27,30)(H,28,31)/t21-/m0/s1. The number of carbonyl (C=O) groups excluding carboxylic acids is 2. The molecule has 1 aromatic rings. The highest BCUT2D eigenvalue weighted by Crippen LogP contribution is 2.36. The van der Waals surface area contributed by atoms with Crippen molar-refractivity contribution < 1.29 is 23.1 Å². The maximum Gasteiger partial charge on any atom is 0.408 e. The van der Waals surface area contributed by atoms with Gasteiger partial charge in [0.1, 0.15) is 5.60 Å². The van der Waals surface area contributed by atoms with E-state index in [1.165, 1.54) is 6.20 Å². The predicted molar refractivity (Wildman–Crippen MR) is 121 cm³/mol. The van der Waals surface area contributed by atoms with Crippen LogP contribution in [-0.4, -0.2) is 53.2 Å².